The number of rotatable bonds is 3. The van der Waals surface area contributed by atoms with E-state index in [1.807, 2.05) is 20.9 Å². The van der Waals surface area contributed by atoms with Gasteiger partial charge in [-0.15, -0.1) is 11.6 Å². The predicted molar refractivity (Wildman–Crippen MR) is 76.6 cm³/mol. The number of nitrogens with one attached hydrogen (secondary N) is 1. The summed E-state index contributed by atoms with van der Waals surface area (Å²) in [6.07, 6.45) is 4.28. The number of carbonyl (C=O) groups excluding carboxylic acids is 1. The van der Waals surface area contributed by atoms with E-state index >= 15 is 0 Å². The first-order valence-electron chi connectivity index (χ1n) is 6.90. The van der Waals surface area contributed by atoms with Gasteiger partial charge in [0.25, 0.3) is 5.91 Å². The van der Waals surface area contributed by atoms with Crippen LogP contribution in [0.5, 0.6) is 0 Å². The van der Waals surface area contributed by atoms with Crippen LogP contribution in [0.1, 0.15) is 47.4 Å². The molecule has 1 N–H and O–H groups in total. The maximum absolute atomic E-state index is 12.3. The van der Waals surface area contributed by atoms with Crippen molar-refractivity contribution >= 4 is 17.5 Å². The number of amides is 1. The molecule has 19 heavy (non-hydrogen) atoms. The summed E-state index contributed by atoms with van der Waals surface area (Å²) in [5.41, 5.74) is 2.44. The molecule has 1 amide bonds. The van der Waals surface area contributed by atoms with E-state index in [1.165, 1.54) is 0 Å². The first-order chi connectivity index (χ1) is 9.02. The highest BCUT2D eigenvalue weighted by atomic mass is 35.5. The monoisotopic (exact) mass is 283 g/mol. The molecular weight excluding hydrogens is 262 g/mol. The molecule has 1 aliphatic rings. The van der Waals surface area contributed by atoms with Crippen molar-refractivity contribution in [2.24, 2.45) is 13.0 Å². The predicted octanol–water partition coefficient (Wildman–Crippen LogP) is 2.56. The maximum atomic E-state index is 12.3. The van der Waals surface area contributed by atoms with Gasteiger partial charge in [-0.2, -0.15) is 5.10 Å². The minimum Gasteiger partial charge on any atom is -0.349 e. The van der Waals surface area contributed by atoms with Crippen LogP contribution in [-0.2, 0) is 7.05 Å². The van der Waals surface area contributed by atoms with Crippen LogP contribution in [-0.4, -0.2) is 27.6 Å². The summed E-state index contributed by atoms with van der Waals surface area (Å²) in [5, 5.41) is 7.43. The van der Waals surface area contributed by atoms with Gasteiger partial charge >= 0.3 is 0 Å². The third-order valence-electron chi connectivity index (χ3n) is 4.14. The normalized spacial score (nSPS) is 23.4. The van der Waals surface area contributed by atoms with Crippen LogP contribution in [0.3, 0.4) is 0 Å². The van der Waals surface area contributed by atoms with Crippen molar-refractivity contribution in [2.45, 2.75) is 45.6 Å². The number of aromatic nitrogens is 2. The van der Waals surface area contributed by atoms with Crippen molar-refractivity contribution in [3.8, 4) is 0 Å². The second-order valence-electron chi connectivity index (χ2n) is 5.51. The van der Waals surface area contributed by atoms with Gasteiger partial charge in [-0.3, -0.25) is 9.48 Å². The topological polar surface area (TPSA) is 46.9 Å². The van der Waals surface area contributed by atoms with E-state index in [2.05, 4.69) is 10.4 Å². The average Bonchev–Trinajstić information content (AvgIpc) is 2.64. The van der Waals surface area contributed by atoms with E-state index in [0.717, 1.165) is 48.5 Å². The lowest BCUT2D eigenvalue weighted by molar-refractivity contribution is 0.0922. The smallest absolute Gasteiger partial charge is 0.255 e. The van der Waals surface area contributed by atoms with Crippen molar-refractivity contribution in [1.29, 1.82) is 0 Å². The Kier molecular flexibility index (Phi) is 4.50. The van der Waals surface area contributed by atoms with E-state index in [9.17, 15) is 4.79 Å². The summed E-state index contributed by atoms with van der Waals surface area (Å²) < 4.78 is 1.76. The highest BCUT2D eigenvalue weighted by Gasteiger charge is 2.24. The summed E-state index contributed by atoms with van der Waals surface area (Å²) in [6, 6.07) is 0.283. The van der Waals surface area contributed by atoms with E-state index in [-0.39, 0.29) is 11.9 Å². The van der Waals surface area contributed by atoms with Gasteiger partial charge in [0.15, 0.2) is 0 Å². The lowest BCUT2D eigenvalue weighted by atomic mass is 9.87. The fraction of sp³-hybridized carbons (Fsp3) is 0.714. The van der Waals surface area contributed by atoms with Gasteiger partial charge in [0.1, 0.15) is 0 Å². The summed E-state index contributed by atoms with van der Waals surface area (Å²) in [7, 11) is 1.87. The molecule has 5 heteroatoms. The molecule has 4 nitrogen and oxygen atoms in total. The molecule has 1 aliphatic carbocycles. The summed E-state index contributed by atoms with van der Waals surface area (Å²) in [6.45, 7) is 3.81. The van der Waals surface area contributed by atoms with Crippen molar-refractivity contribution in [3.63, 3.8) is 0 Å². The van der Waals surface area contributed by atoms with Crippen LogP contribution in [0.4, 0.5) is 0 Å². The Labute approximate surface area is 119 Å². The lowest BCUT2D eigenvalue weighted by Gasteiger charge is -2.27. The summed E-state index contributed by atoms with van der Waals surface area (Å²) in [5.74, 6) is 1.37. The van der Waals surface area contributed by atoms with Crippen molar-refractivity contribution in [3.05, 3.63) is 17.0 Å². The molecule has 0 atom stereocenters. The van der Waals surface area contributed by atoms with Gasteiger partial charge in [-0.1, -0.05) is 0 Å². The molecule has 0 aromatic carbocycles. The van der Waals surface area contributed by atoms with Crippen molar-refractivity contribution in [2.75, 3.05) is 5.88 Å². The molecule has 0 saturated heterocycles. The van der Waals surface area contributed by atoms with Gasteiger partial charge in [0, 0.05) is 24.7 Å². The fourth-order valence-corrected chi connectivity index (χ4v) is 3.13. The molecule has 0 spiro atoms. The number of aryl methyl sites for hydroxylation is 2. The summed E-state index contributed by atoms with van der Waals surface area (Å²) in [4.78, 5) is 12.3. The SMILES string of the molecule is Cc1nn(C)c(C)c1C(=O)NC1CCC(CCl)CC1. The third-order valence-corrected chi connectivity index (χ3v) is 4.57. The van der Waals surface area contributed by atoms with E-state index in [1.54, 1.807) is 4.68 Å². The Morgan fingerprint density at radius 1 is 1.37 bits per heavy atom. The molecule has 1 heterocycles. The van der Waals surface area contributed by atoms with Gasteiger partial charge in [0.2, 0.25) is 0 Å². The van der Waals surface area contributed by atoms with Crippen LogP contribution in [0.15, 0.2) is 0 Å². The van der Waals surface area contributed by atoms with Crippen LogP contribution in [0.25, 0.3) is 0 Å². The molecule has 1 fully saturated rings. The lowest BCUT2D eigenvalue weighted by Crippen LogP contribution is -2.38. The largest absolute Gasteiger partial charge is 0.349 e. The maximum Gasteiger partial charge on any atom is 0.255 e. The second kappa shape index (κ2) is 5.95. The van der Waals surface area contributed by atoms with Gasteiger partial charge in [-0.25, -0.2) is 0 Å². The number of alkyl halides is 1. The molecule has 1 aromatic rings. The van der Waals surface area contributed by atoms with Gasteiger partial charge in [-0.05, 0) is 45.4 Å². The third kappa shape index (κ3) is 3.11. The fourth-order valence-electron chi connectivity index (χ4n) is 2.82. The van der Waals surface area contributed by atoms with E-state index < -0.39 is 0 Å². The molecule has 2 rings (SSSR count). The zero-order valence-corrected chi connectivity index (χ0v) is 12.6. The summed E-state index contributed by atoms with van der Waals surface area (Å²) >= 11 is 5.88. The Morgan fingerprint density at radius 2 is 2.00 bits per heavy atom. The molecule has 0 radical (unpaired) electrons. The zero-order valence-electron chi connectivity index (χ0n) is 11.9. The number of halogens is 1. The Morgan fingerprint density at radius 3 is 2.47 bits per heavy atom. The van der Waals surface area contributed by atoms with Gasteiger partial charge in [0.05, 0.1) is 11.3 Å². The molecule has 0 aliphatic heterocycles. The molecule has 106 valence electrons. The Bertz CT molecular complexity index is 462. The Hall–Kier alpha value is -1.03. The van der Waals surface area contributed by atoms with Gasteiger partial charge < -0.3 is 5.32 Å². The standard InChI is InChI=1S/C14H22ClN3O/c1-9-13(10(2)18(3)17-9)14(19)16-12-6-4-11(8-15)5-7-12/h11-12H,4-8H2,1-3H3,(H,16,19). The minimum atomic E-state index is 0.0115. The minimum absolute atomic E-state index is 0.0115. The average molecular weight is 284 g/mol. The van der Waals surface area contributed by atoms with E-state index in [0.29, 0.717) is 5.92 Å². The number of nitrogens with zero attached hydrogens (tertiary/aromatic N) is 2. The first kappa shape index (κ1) is 14.4. The van der Waals surface area contributed by atoms with E-state index in [4.69, 9.17) is 11.6 Å². The molecular formula is C14H22ClN3O. The van der Waals surface area contributed by atoms with Crippen LogP contribution in [0, 0.1) is 19.8 Å². The zero-order chi connectivity index (χ0) is 14.0. The molecule has 1 aromatic heterocycles. The van der Waals surface area contributed by atoms with Crippen LogP contribution >= 0.6 is 11.6 Å². The Balaban J connectivity index is 1.98. The molecule has 1 saturated carbocycles. The van der Waals surface area contributed by atoms with Crippen LogP contribution < -0.4 is 5.32 Å². The van der Waals surface area contributed by atoms with Crippen LogP contribution in [0.2, 0.25) is 0 Å². The molecule has 0 unspecified atom stereocenters. The molecule has 0 bridgehead atoms. The number of carbonyl (C=O) groups is 1. The first-order valence-corrected chi connectivity index (χ1v) is 7.43. The highest BCUT2D eigenvalue weighted by molar-refractivity contribution is 6.18. The highest BCUT2D eigenvalue weighted by Crippen LogP contribution is 2.25. The number of hydrogen-bond acceptors (Lipinski definition) is 2. The number of hydrogen-bond donors (Lipinski definition) is 1. The van der Waals surface area contributed by atoms with Crippen molar-refractivity contribution in [1.82, 2.24) is 15.1 Å². The quantitative estimate of drug-likeness (QED) is 0.867. The van der Waals surface area contributed by atoms with Crippen molar-refractivity contribution < 1.29 is 4.79 Å². The second-order valence-corrected chi connectivity index (χ2v) is 5.82.